The van der Waals surface area contributed by atoms with Gasteiger partial charge in [-0.15, -0.1) is 0 Å². The van der Waals surface area contributed by atoms with Crippen LogP contribution in [0.1, 0.15) is 17.0 Å². The van der Waals surface area contributed by atoms with Gasteiger partial charge < -0.3 is 28.8 Å². The Labute approximate surface area is 156 Å². The van der Waals surface area contributed by atoms with Crippen molar-refractivity contribution in [2.45, 2.75) is 12.3 Å². The second-order valence-electron chi connectivity index (χ2n) is 6.51. The lowest BCUT2D eigenvalue weighted by Crippen LogP contribution is -2.17. The Balaban J connectivity index is 1.64. The van der Waals surface area contributed by atoms with Gasteiger partial charge in [-0.1, -0.05) is 6.07 Å². The highest BCUT2D eigenvalue weighted by Crippen LogP contribution is 2.46. The number of hydrogen-bond donors (Lipinski definition) is 1. The van der Waals surface area contributed by atoms with Crippen molar-refractivity contribution in [1.82, 2.24) is 0 Å². The average Bonchev–Trinajstić information content (AvgIpc) is 3.29. The fourth-order valence-electron chi connectivity index (χ4n) is 3.58. The standard InChI is InChI=1S/C20H20O7/c1-23-16-6-11(3-4-15(16)21)5-13-14(9-25-20(13)22)12-7-17(24-2)19-18(8-12)26-10-27-19/h3-4,6-8,13-14,21H,5,9-10H2,1-2H3/t13-,14+/m0/s1. The van der Waals surface area contributed by atoms with Gasteiger partial charge in [-0.05, 0) is 41.8 Å². The normalized spacial score (nSPS) is 20.4. The third-order valence-corrected chi connectivity index (χ3v) is 5.00. The summed E-state index contributed by atoms with van der Waals surface area (Å²) in [6, 6.07) is 8.82. The first-order chi connectivity index (χ1) is 13.1. The number of carbonyl (C=O) groups excluding carboxylic acids is 1. The fraction of sp³-hybridized carbons (Fsp3) is 0.350. The van der Waals surface area contributed by atoms with Gasteiger partial charge >= 0.3 is 5.97 Å². The molecule has 2 aromatic carbocycles. The molecule has 7 nitrogen and oxygen atoms in total. The maximum atomic E-state index is 12.4. The maximum absolute atomic E-state index is 12.4. The molecule has 27 heavy (non-hydrogen) atoms. The van der Waals surface area contributed by atoms with Gasteiger partial charge in [0.05, 0.1) is 26.7 Å². The van der Waals surface area contributed by atoms with E-state index in [-0.39, 0.29) is 30.3 Å². The summed E-state index contributed by atoms with van der Waals surface area (Å²) in [5.74, 6) is 1.45. The molecule has 0 saturated carbocycles. The minimum Gasteiger partial charge on any atom is -0.504 e. The number of rotatable bonds is 5. The number of cyclic esters (lactones) is 1. The third kappa shape index (κ3) is 3.09. The van der Waals surface area contributed by atoms with Gasteiger partial charge in [-0.25, -0.2) is 0 Å². The minimum absolute atomic E-state index is 0.0623. The Morgan fingerprint density at radius 2 is 1.89 bits per heavy atom. The number of ether oxygens (including phenoxy) is 5. The second-order valence-corrected chi connectivity index (χ2v) is 6.51. The van der Waals surface area contributed by atoms with Gasteiger partial charge in [-0.2, -0.15) is 0 Å². The van der Waals surface area contributed by atoms with E-state index in [0.717, 1.165) is 11.1 Å². The van der Waals surface area contributed by atoms with Crippen LogP contribution in [0.4, 0.5) is 0 Å². The first-order valence-electron chi connectivity index (χ1n) is 8.60. The molecule has 142 valence electrons. The minimum atomic E-state index is -0.357. The van der Waals surface area contributed by atoms with E-state index < -0.39 is 0 Å². The Morgan fingerprint density at radius 3 is 2.67 bits per heavy atom. The van der Waals surface area contributed by atoms with Crippen molar-refractivity contribution in [3.05, 3.63) is 41.5 Å². The quantitative estimate of drug-likeness (QED) is 0.808. The van der Waals surface area contributed by atoms with E-state index >= 15 is 0 Å². The molecule has 0 aliphatic carbocycles. The Bertz CT molecular complexity index is 877. The van der Waals surface area contributed by atoms with Crippen LogP contribution in [0.5, 0.6) is 28.7 Å². The van der Waals surface area contributed by atoms with Crippen molar-refractivity contribution in [1.29, 1.82) is 0 Å². The Morgan fingerprint density at radius 1 is 1.07 bits per heavy atom. The van der Waals surface area contributed by atoms with E-state index in [2.05, 4.69) is 0 Å². The molecule has 4 rings (SSSR count). The molecule has 1 N–H and O–H groups in total. The van der Waals surface area contributed by atoms with E-state index in [0.29, 0.717) is 36.0 Å². The van der Waals surface area contributed by atoms with Crippen LogP contribution in [-0.4, -0.2) is 38.7 Å². The molecule has 0 spiro atoms. The van der Waals surface area contributed by atoms with Crippen molar-refractivity contribution in [3.63, 3.8) is 0 Å². The van der Waals surface area contributed by atoms with Crippen LogP contribution in [0.25, 0.3) is 0 Å². The largest absolute Gasteiger partial charge is 0.504 e. The predicted octanol–water partition coefficient (Wildman–Crippen LogP) is 2.64. The van der Waals surface area contributed by atoms with E-state index in [4.69, 9.17) is 23.7 Å². The number of methoxy groups -OCH3 is 2. The molecule has 0 radical (unpaired) electrons. The Kier molecular flexibility index (Phi) is 4.43. The molecule has 7 heteroatoms. The SMILES string of the molecule is COc1cc(C[C@@H]2C(=O)OC[C@@H]2c2cc(OC)c3c(c2)OCO3)ccc1O. The lowest BCUT2D eigenvalue weighted by atomic mass is 9.84. The summed E-state index contributed by atoms with van der Waals surface area (Å²) in [7, 11) is 3.06. The number of phenols is 1. The smallest absolute Gasteiger partial charge is 0.310 e. The van der Waals surface area contributed by atoms with Crippen molar-refractivity contribution < 1.29 is 33.6 Å². The van der Waals surface area contributed by atoms with Crippen LogP contribution in [0.3, 0.4) is 0 Å². The number of aromatic hydroxyl groups is 1. The highest BCUT2D eigenvalue weighted by Gasteiger charge is 2.39. The van der Waals surface area contributed by atoms with Crippen LogP contribution in [0.15, 0.2) is 30.3 Å². The summed E-state index contributed by atoms with van der Waals surface area (Å²) in [5, 5.41) is 9.77. The zero-order chi connectivity index (χ0) is 19.0. The van der Waals surface area contributed by atoms with Gasteiger partial charge in [-0.3, -0.25) is 4.79 Å². The molecule has 2 aromatic rings. The number of benzene rings is 2. The van der Waals surface area contributed by atoms with Crippen molar-refractivity contribution in [3.8, 4) is 28.7 Å². The molecular formula is C20H20O7. The number of phenolic OH excluding ortho intramolecular Hbond substituents is 1. The monoisotopic (exact) mass is 372 g/mol. The summed E-state index contributed by atoms with van der Waals surface area (Å²) < 4.78 is 26.8. The van der Waals surface area contributed by atoms with Crippen molar-refractivity contribution in [2.24, 2.45) is 5.92 Å². The molecule has 1 fully saturated rings. The topological polar surface area (TPSA) is 83.5 Å². The molecule has 0 unspecified atom stereocenters. The van der Waals surface area contributed by atoms with E-state index in [1.54, 1.807) is 25.3 Å². The summed E-state index contributed by atoms with van der Waals surface area (Å²) in [6.07, 6.45) is 0.469. The van der Waals surface area contributed by atoms with Gasteiger partial charge in [0.25, 0.3) is 0 Å². The van der Waals surface area contributed by atoms with Crippen LogP contribution in [-0.2, 0) is 16.0 Å². The van der Waals surface area contributed by atoms with Gasteiger partial charge in [0.15, 0.2) is 23.0 Å². The summed E-state index contributed by atoms with van der Waals surface area (Å²) in [4.78, 5) is 12.4. The van der Waals surface area contributed by atoms with Crippen molar-refractivity contribution >= 4 is 5.97 Å². The molecular weight excluding hydrogens is 352 g/mol. The molecule has 2 aliphatic rings. The molecule has 2 heterocycles. The highest BCUT2D eigenvalue weighted by molar-refractivity contribution is 5.77. The highest BCUT2D eigenvalue weighted by atomic mass is 16.7. The van der Waals surface area contributed by atoms with Crippen LogP contribution >= 0.6 is 0 Å². The van der Waals surface area contributed by atoms with E-state index in [1.165, 1.54) is 7.11 Å². The summed E-state index contributed by atoms with van der Waals surface area (Å²) in [5.41, 5.74) is 1.78. The second kappa shape index (κ2) is 6.90. The predicted molar refractivity (Wildman–Crippen MR) is 94.7 cm³/mol. The maximum Gasteiger partial charge on any atom is 0.310 e. The molecule has 0 bridgehead atoms. The summed E-state index contributed by atoms with van der Waals surface area (Å²) in [6.45, 7) is 0.438. The number of hydrogen-bond acceptors (Lipinski definition) is 7. The fourth-order valence-corrected chi connectivity index (χ4v) is 3.58. The van der Waals surface area contributed by atoms with Gasteiger partial charge in [0.1, 0.15) is 0 Å². The first-order valence-corrected chi connectivity index (χ1v) is 8.60. The lowest BCUT2D eigenvalue weighted by Gasteiger charge is -2.18. The van der Waals surface area contributed by atoms with Crippen LogP contribution in [0, 0.1) is 5.92 Å². The number of esters is 1. The van der Waals surface area contributed by atoms with Gasteiger partial charge in [0.2, 0.25) is 12.5 Å². The van der Waals surface area contributed by atoms with Gasteiger partial charge in [0, 0.05) is 5.92 Å². The zero-order valence-electron chi connectivity index (χ0n) is 15.1. The molecule has 1 saturated heterocycles. The van der Waals surface area contributed by atoms with Crippen LogP contribution in [0.2, 0.25) is 0 Å². The van der Waals surface area contributed by atoms with E-state index in [1.807, 2.05) is 12.1 Å². The molecule has 0 amide bonds. The van der Waals surface area contributed by atoms with Crippen molar-refractivity contribution in [2.75, 3.05) is 27.6 Å². The molecule has 2 aliphatic heterocycles. The first kappa shape index (κ1) is 17.3. The summed E-state index contributed by atoms with van der Waals surface area (Å²) >= 11 is 0. The Hall–Kier alpha value is -3.09. The zero-order valence-corrected chi connectivity index (χ0v) is 15.1. The van der Waals surface area contributed by atoms with E-state index in [9.17, 15) is 9.90 Å². The van der Waals surface area contributed by atoms with Crippen LogP contribution < -0.4 is 18.9 Å². The molecule has 0 aromatic heterocycles. The molecule has 2 atom stereocenters. The number of carbonyl (C=O) groups is 1. The lowest BCUT2D eigenvalue weighted by molar-refractivity contribution is -0.141. The average molecular weight is 372 g/mol. The third-order valence-electron chi connectivity index (χ3n) is 5.00. The number of fused-ring (bicyclic) bond motifs is 1.